The van der Waals surface area contributed by atoms with Crippen molar-refractivity contribution in [2.75, 3.05) is 32.6 Å². The third kappa shape index (κ3) is 6.00. The number of carbonyl (C=O) groups is 1. The molecule has 4 rings (SSSR count). The first-order valence-corrected chi connectivity index (χ1v) is 12.0. The number of rotatable bonds is 7. The molecule has 1 aliphatic rings. The summed E-state index contributed by atoms with van der Waals surface area (Å²) in [7, 11) is 3.16. The Labute approximate surface area is 206 Å². The molecule has 0 atom stereocenters. The Balaban J connectivity index is 1.29. The van der Waals surface area contributed by atoms with Gasteiger partial charge < -0.3 is 19.3 Å². The molecule has 3 aromatic rings. The summed E-state index contributed by atoms with van der Waals surface area (Å²) in [6, 6.07) is 13.7. The molecule has 1 saturated heterocycles. The number of ether oxygens (including phenoxy) is 2. The lowest BCUT2D eigenvalue weighted by Crippen LogP contribution is -2.37. The zero-order chi connectivity index (χ0) is 25.0. The van der Waals surface area contributed by atoms with Crippen molar-refractivity contribution < 1.29 is 18.8 Å². The number of benzene rings is 2. The molecule has 8 heteroatoms. The minimum Gasteiger partial charge on any atom is -0.493 e. The summed E-state index contributed by atoms with van der Waals surface area (Å²) in [5.41, 5.74) is 3.01. The van der Waals surface area contributed by atoms with Crippen molar-refractivity contribution in [2.24, 2.45) is 5.92 Å². The highest BCUT2D eigenvalue weighted by Crippen LogP contribution is 2.30. The predicted molar refractivity (Wildman–Crippen MR) is 135 cm³/mol. The van der Waals surface area contributed by atoms with Crippen LogP contribution >= 0.6 is 0 Å². The van der Waals surface area contributed by atoms with Crippen LogP contribution in [0.4, 0.5) is 5.69 Å². The van der Waals surface area contributed by atoms with Gasteiger partial charge in [-0.25, -0.2) is 0 Å². The van der Waals surface area contributed by atoms with Crippen molar-refractivity contribution in [3.63, 3.8) is 0 Å². The van der Waals surface area contributed by atoms with Crippen molar-refractivity contribution in [1.29, 1.82) is 0 Å². The van der Waals surface area contributed by atoms with Gasteiger partial charge in [0.15, 0.2) is 11.5 Å². The number of methoxy groups -OCH3 is 2. The van der Waals surface area contributed by atoms with E-state index in [4.69, 9.17) is 14.0 Å². The third-order valence-electron chi connectivity index (χ3n) is 6.45. The normalized spacial score (nSPS) is 15.1. The second kappa shape index (κ2) is 10.5. The first-order valence-electron chi connectivity index (χ1n) is 12.0. The van der Waals surface area contributed by atoms with E-state index in [2.05, 4.69) is 53.3 Å². The molecule has 0 spiro atoms. The molecule has 0 bridgehead atoms. The Morgan fingerprint density at radius 3 is 2.37 bits per heavy atom. The van der Waals surface area contributed by atoms with E-state index >= 15 is 0 Å². The molecule has 8 nitrogen and oxygen atoms in total. The highest BCUT2D eigenvalue weighted by atomic mass is 16.5. The lowest BCUT2D eigenvalue weighted by Gasteiger charge is -2.30. The van der Waals surface area contributed by atoms with Crippen LogP contribution in [-0.4, -0.2) is 48.3 Å². The van der Waals surface area contributed by atoms with E-state index in [-0.39, 0.29) is 17.2 Å². The fourth-order valence-corrected chi connectivity index (χ4v) is 4.26. The van der Waals surface area contributed by atoms with Crippen LogP contribution in [0.15, 0.2) is 47.0 Å². The number of anilines is 1. The van der Waals surface area contributed by atoms with E-state index in [9.17, 15) is 4.79 Å². The Kier molecular flexibility index (Phi) is 7.40. The zero-order valence-corrected chi connectivity index (χ0v) is 21.1. The number of hydrogen-bond donors (Lipinski definition) is 1. The van der Waals surface area contributed by atoms with Crippen LogP contribution in [0.25, 0.3) is 11.4 Å². The molecule has 0 radical (unpaired) electrons. The summed E-state index contributed by atoms with van der Waals surface area (Å²) in [5.74, 6) is 2.39. The molecule has 1 aromatic heterocycles. The van der Waals surface area contributed by atoms with Gasteiger partial charge >= 0.3 is 0 Å². The molecule has 186 valence electrons. The quantitative estimate of drug-likeness (QED) is 0.516. The molecule has 2 heterocycles. The molecule has 35 heavy (non-hydrogen) atoms. The van der Waals surface area contributed by atoms with Crippen molar-refractivity contribution in [2.45, 2.75) is 45.6 Å². The monoisotopic (exact) mass is 478 g/mol. The van der Waals surface area contributed by atoms with Crippen LogP contribution in [0.3, 0.4) is 0 Å². The number of aromatic nitrogens is 2. The molecule has 0 aliphatic carbocycles. The average Bonchev–Trinajstić information content (AvgIpc) is 3.32. The van der Waals surface area contributed by atoms with E-state index in [1.54, 1.807) is 26.4 Å². The summed E-state index contributed by atoms with van der Waals surface area (Å²) >= 11 is 0. The van der Waals surface area contributed by atoms with Crippen molar-refractivity contribution >= 4 is 11.6 Å². The lowest BCUT2D eigenvalue weighted by atomic mass is 9.87. The largest absolute Gasteiger partial charge is 0.493 e. The first-order chi connectivity index (χ1) is 16.8. The highest BCUT2D eigenvalue weighted by Gasteiger charge is 2.26. The fourth-order valence-electron chi connectivity index (χ4n) is 4.26. The summed E-state index contributed by atoms with van der Waals surface area (Å²) in [4.78, 5) is 19.6. The minimum absolute atomic E-state index is 0.0238. The van der Waals surface area contributed by atoms with Gasteiger partial charge in [-0.1, -0.05) is 50.2 Å². The second-order valence-electron chi connectivity index (χ2n) is 9.95. The predicted octanol–water partition coefficient (Wildman–Crippen LogP) is 4.90. The van der Waals surface area contributed by atoms with Gasteiger partial charge in [-0.15, -0.1) is 0 Å². The van der Waals surface area contributed by atoms with Crippen molar-refractivity contribution in [1.82, 2.24) is 15.0 Å². The molecule has 1 N–H and O–H groups in total. The third-order valence-corrected chi connectivity index (χ3v) is 6.45. The number of amides is 1. The van der Waals surface area contributed by atoms with E-state index in [1.165, 1.54) is 5.56 Å². The highest BCUT2D eigenvalue weighted by molar-refractivity contribution is 5.93. The molecule has 2 aromatic carbocycles. The molecule has 1 fully saturated rings. The topological polar surface area (TPSA) is 89.7 Å². The van der Waals surface area contributed by atoms with Crippen molar-refractivity contribution in [3.05, 3.63) is 53.9 Å². The van der Waals surface area contributed by atoms with Crippen LogP contribution in [0, 0.1) is 5.92 Å². The van der Waals surface area contributed by atoms with Crippen LogP contribution in [-0.2, 0) is 16.8 Å². The molecule has 0 saturated carbocycles. The number of nitrogens with zero attached hydrogens (tertiary/aromatic N) is 3. The number of nitrogens with one attached hydrogen (secondary N) is 1. The van der Waals surface area contributed by atoms with Gasteiger partial charge in [0, 0.05) is 23.2 Å². The fraction of sp³-hybridized carbons (Fsp3) is 0.444. The van der Waals surface area contributed by atoms with Gasteiger partial charge in [-0.3, -0.25) is 9.69 Å². The summed E-state index contributed by atoms with van der Waals surface area (Å²) < 4.78 is 16.1. The van der Waals surface area contributed by atoms with Gasteiger partial charge in [0.05, 0.1) is 20.8 Å². The van der Waals surface area contributed by atoms with Gasteiger partial charge in [-0.05, 0) is 49.0 Å². The zero-order valence-electron chi connectivity index (χ0n) is 21.1. The Hall–Kier alpha value is -3.39. The molecule has 1 amide bonds. The maximum absolute atomic E-state index is 12.8. The summed E-state index contributed by atoms with van der Waals surface area (Å²) in [5, 5.41) is 7.17. The second-order valence-corrected chi connectivity index (χ2v) is 9.95. The van der Waals surface area contributed by atoms with E-state index in [1.807, 2.05) is 18.2 Å². The van der Waals surface area contributed by atoms with E-state index < -0.39 is 0 Å². The van der Waals surface area contributed by atoms with E-state index in [0.29, 0.717) is 35.4 Å². The summed E-state index contributed by atoms with van der Waals surface area (Å²) in [6.45, 7) is 8.74. The molecule has 1 aliphatic heterocycles. The maximum atomic E-state index is 12.8. The van der Waals surface area contributed by atoms with Crippen LogP contribution in [0.5, 0.6) is 11.5 Å². The van der Waals surface area contributed by atoms with Crippen molar-refractivity contribution in [3.8, 4) is 22.9 Å². The average molecular weight is 479 g/mol. The number of piperidine rings is 1. The van der Waals surface area contributed by atoms with Gasteiger partial charge in [0.2, 0.25) is 17.6 Å². The SMILES string of the molecule is COc1ccc(NC(=O)C2CCN(Cc3nc(-c4ccc(C(C)(C)C)cc4)no3)CC2)cc1OC. The van der Waals surface area contributed by atoms with Gasteiger partial charge in [0.1, 0.15) is 0 Å². The van der Waals surface area contributed by atoms with Crippen LogP contribution < -0.4 is 14.8 Å². The summed E-state index contributed by atoms with van der Waals surface area (Å²) in [6.07, 6.45) is 1.54. The smallest absolute Gasteiger partial charge is 0.241 e. The van der Waals surface area contributed by atoms with E-state index in [0.717, 1.165) is 31.5 Å². The maximum Gasteiger partial charge on any atom is 0.241 e. The van der Waals surface area contributed by atoms with Gasteiger partial charge in [-0.2, -0.15) is 4.98 Å². The van der Waals surface area contributed by atoms with Gasteiger partial charge in [0.25, 0.3) is 0 Å². The first kappa shape index (κ1) is 24.7. The van der Waals surface area contributed by atoms with Crippen LogP contribution in [0.1, 0.15) is 45.1 Å². The number of likely N-dealkylation sites (tertiary alicyclic amines) is 1. The molecular weight excluding hydrogens is 444 g/mol. The Morgan fingerprint density at radius 1 is 1.06 bits per heavy atom. The van der Waals surface area contributed by atoms with Crippen LogP contribution in [0.2, 0.25) is 0 Å². The molecular formula is C27H34N4O4. The lowest BCUT2D eigenvalue weighted by molar-refractivity contribution is -0.121. The standard InChI is InChI=1S/C27H34N4O4/c1-27(2,3)20-8-6-18(7-9-20)25-29-24(35-30-25)17-31-14-12-19(13-15-31)26(32)28-21-10-11-22(33-4)23(16-21)34-5/h6-11,16,19H,12-15,17H2,1-5H3,(H,28,32). The Morgan fingerprint density at radius 2 is 1.74 bits per heavy atom. The molecule has 0 unspecified atom stereocenters. The number of carbonyl (C=O) groups excluding carboxylic acids is 1. The number of hydrogen-bond acceptors (Lipinski definition) is 7. The Bertz CT molecular complexity index is 1140. The minimum atomic E-state index is -0.0427.